The number of nitrogens with one attached hydrogen (secondary N) is 1. The predicted octanol–water partition coefficient (Wildman–Crippen LogP) is 3.83. The lowest BCUT2D eigenvalue weighted by molar-refractivity contribution is -0.116. The first-order valence-corrected chi connectivity index (χ1v) is 9.15. The van der Waals surface area contributed by atoms with Crippen molar-refractivity contribution >= 4 is 17.3 Å². The Balaban J connectivity index is 1.61. The van der Waals surface area contributed by atoms with Crippen LogP contribution in [0.4, 0.5) is 5.69 Å². The molecule has 1 aliphatic rings. The van der Waals surface area contributed by atoms with Crippen LogP contribution in [0.1, 0.15) is 18.5 Å². The monoisotopic (exact) mass is 360 g/mol. The van der Waals surface area contributed by atoms with Crippen LogP contribution in [0.15, 0.2) is 84.1 Å². The summed E-state index contributed by atoms with van der Waals surface area (Å²) in [6.07, 6.45) is 11.1. The van der Waals surface area contributed by atoms with E-state index in [1.807, 2.05) is 60.8 Å². The number of para-hydroxylation sites is 1. The Morgan fingerprint density at radius 2 is 1.89 bits per heavy atom. The van der Waals surface area contributed by atoms with Gasteiger partial charge in [0.1, 0.15) is 0 Å². The summed E-state index contributed by atoms with van der Waals surface area (Å²) in [6, 6.07) is 15.4. The lowest BCUT2D eigenvalue weighted by Gasteiger charge is -2.21. The minimum Gasteiger partial charge on any atom is -0.326 e. The number of hydrogen-bond donors (Lipinski definition) is 1. The maximum absolute atomic E-state index is 12.3. The molecule has 1 aromatic heterocycles. The van der Waals surface area contributed by atoms with Crippen molar-refractivity contribution in [3.05, 3.63) is 84.8 Å². The molecule has 0 atom stereocenters. The van der Waals surface area contributed by atoms with Gasteiger partial charge in [0.25, 0.3) is 0 Å². The zero-order chi connectivity index (χ0) is 18.7. The smallest absolute Gasteiger partial charge is 0.225 e. The van der Waals surface area contributed by atoms with Crippen molar-refractivity contribution in [2.24, 2.45) is 4.99 Å². The van der Waals surface area contributed by atoms with Crippen molar-refractivity contribution in [1.82, 2.24) is 9.88 Å². The molecule has 1 aromatic carbocycles. The maximum atomic E-state index is 12.3. The van der Waals surface area contributed by atoms with Crippen molar-refractivity contribution in [3.8, 4) is 0 Å². The van der Waals surface area contributed by atoms with E-state index in [9.17, 15) is 4.79 Å². The molecule has 2 aromatic rings. The van der Waals surface area contributed by atoms with Gasteiger partial charge in [-0.3, -0.25) is 19.7 Å². The molecule has 5 nitrogen and oxygen atoms in total. The van der Waals surface area contributed by atoms with E-state index in [1.54, 1.807) is 6.20 Å². The predicted molar refractivity (Wildman–Crippen MR) is 110 cm³/mol. The second-order valence-electron chi connectivity index (χ2n) is 6.34. The molecule has 3 rings (SSSR count). The summed E-state index contributed by atoms with van der Waals surface area (Å²) in [4.78, 5) is 23.4. The SMILES string of the molecule is O=C(CCN(CC1=NC=CCC=C1)Cc1ccccn1)Nc1ccccc1. The third-order valence-electron chi connectivity index (χ3n) is 4.14. The number of nitrogens with zero attached hydrogens (tertiary/aromatic N) is 3. The standard InChI is InChI=1S/C22H24N4O/c27-22(25-19-9-3-1-4-10-19)13-16-26(18-21-12-6-8-15-24-21)17-20-11-5-2-7-14-23-20/h1,3-12,14-15H,2,13,16-18H2,(H,25,27). The van der Waals surface area contributed by atoms with Gasteiger partial charge in [0.05, 0.1) is 11.4 Å². The van der Waals surface area contributed by atoms with E-state index in [4.69, 9.17) is 0 Å². The Morgan fingerprint density at radius 1 is 1.04 bits per heavy atom. The fourth-order valence-electron chi connectivity index (χ4n) is 2.80. The highest BCUT2D eigenvalue weighted by Gasteiger charge is 2.12. The number of benzene rings is 1. The fraction of sp³-hybridized carbons (Fsp3) is 0.227. The molecule has 1 aliphatic heterocycles. The topological polar surface area (TPSA) is 57.6 Å². The number of pyridine rings is 1. The molecule has 0 fully saturated rings. The molecule has 2 heterocycles. The normalized spacial score (nSPS) is 13.3. The van der Waals surface area contributed by atoms with Crippen molar-refractivity contribution in [1.29, 1.82) is 0 Å². The van der Waals surface area contributed by atoms with Crippen LogP contribution in [-0.4, -0.2) is 34.6 Å². The van der Waals surface area contributed by atoms with Crippen molar-refractivity contribution in [3.63, 3.8) is 0 Å². The minimum absolute atomic E-state index is 0.00506. The highest BCUT2D eigenvalue weighted by Crippen LogP contribution is 2.08. The van der Waals surface area contributed by atoms with E-state index in [1.165, 1.54) is 0 Å². The molecule has 1 N–H and O–H groups in total. The number of amides is 1. The molecule has 0 unspecified atom stereocenters. The van der Waals surface area contributed by atoms with E-state index in [-0.39, 0.29) is 5.91 Å². The van der Waals surface area contributed by atoms with E-state index >= 15 is 0 Å². The van der Waals surface area contributed by atoms with Gasteiger partial charge < -0.3 is 5.32 Å². The van der Waals surface area contributed by atoms with Gasteiger partial charge >= 0.3 is 0 Å². The summed E-state index contributed by atoms with van der Waals surface area (Å²) in [5.74, 6) is 0.00506. The lowest BCUT2D eigenvalue weighted by Crippen LogP contribution is -2.32. The van der Waals surface area contributed by atoms with Crippen LogP contribution in [-0.2, 0) is 11.3 Å². The third-order valence-corrected chi connectivity index (χ3v) is 4.14. The summed E-state index contributed by atoms with van der Waals surface area (Å²) in [7, 11) is 0. The summed E-state index contributed by atoms with van der Waals surface area (Å²) in [5.41, 5.74) is 2.79. The number of carbonyl (C=O) groups is 1. The summed E-state index contributed by atoms with van der Waals surface area (Å²) in [6.45, 7) is 1.98. The molecular formula is C22H24N4O. The number of carbonyl (C=O) groups excluding carboxylic acids is 1. The van der Waals surface area contributed by atoms with Crippen LogP contribution in [0.25, 0.3) is 0 Å². The molecule has 138 valence electrons. The van der Waals surface area contributed by atoms with Crippen molar-refractivity contribution in [2.45, 2.75) is 19.4 Å². The Labute approximate surface area is 160 Å². The van der Waals surface area contributed by atoms with Gasteiger partial charge in [-0.15, -0.1) is 0 Å². The Kier molecular flexibility index (Phi) is 7.07. The molecule has 0 spiro atoms. The van der Waals surface area contributed by atoms with Gasteiger partial charge in [-0.2, -0.15) is 0 Å². The number of anilines is 1. The number of aliphatic imine (C=N–C) groups is 1. The largest absolute Gasteiger partial charge is 0.326 e. The number of rotatable bonds is 8. The molecule has 0 saturated carbocycles. The average molecular weight is 360 g/mol. The highest BCUT2D eigenvalue weighted by atomic mass is 16.1. The van der Waals surface area contributed by atoms with Gasteiger partial charge in [-0.25, -0.2) is 0 Å². The van der Waals surface area contributed by atoms with E-state index < -0.39 is 0 Å². The zero-order valence-corrected chi connectivity index (χ0v) is 15.3. The molecule has 1 amide bonds. The fourth-order valence-corrected chi connectivity index (χ4v) is 2.80. The Hall–Kier alpha value is -3.05. The first-order valence-electron chi connectivity index (χ1n) is 9.15. The van der Waals surface area contributed by atoms with Gasteiger partial charge in [0.2, 0.25) is 5.91 Å². The number of allylic oxidation sites excluding steroid dienone is 2. The first kappa shape index (κ1) is 18.7. The molecule has 27 heavy (non-hydrogen) atoms. The molecule has 0 aliphatic carbocycles. The number of aromatic nitrogens is 1. The van der Waals surface area contributed by atoms with Crippen LogP contribution < -0.4 is 5.32 Å². The summed E-state index contributed by atoms with van der Waals surface area (Å²) >= 11 is 0. The van der Waals surface area contributed by atoms with Gasteiger partial charge in [-0.1, -0.05) is 36.4 Å². The quantitative estimate of drug-likeness (QED) is 0.778. The molecule has 0 bridgehead atoms. The molecular weight excluding hydrogens is 336 g/mol. The Morgan fingerprint density at radius 3 is 2.70 bits per heavy atom. The number of hydrogen-bond acceptors (Lipinski definition) is 4. The van der Waals surface area contributed by atoms with Gasteiger partial charge in [0.15, 0.2) is 0 Å². The van der Waals surface area contributed by atoms with Crippen LogP contribution in [0.3, 0.4) is 0 Å². The van der Waals surface area contributed by atoms with Gasteiger partial charge in [-0.05, 0) is 36.8 Å². The van der Waals surface area contributed by atoms with Crippen LogP contribution in [0.2, 0.25) is 0 Å². The molecule has 0 saturated heterocycles. The summed E-state index contributed by atoms with van der Waals surface area (Å²) in [5, 5.41) is 2.94. The minimum atomic E-state index is 0.00506. The Bertz CT molecular complexity index is 813. The van der Waals surface area contributed by atoms with E-state index in [0.717, 1.165) is 23.5 Å². The van der Waals surface area contributed by atoms with Crippen LogP contribution >= 0.6 is 0 Å². The molecule has 5 heteroatoms. The zero-order valence-electron chi connectivity index (χ0n) is 15.3. The van der Waals surface area contributed by atoms with E-state index in [0.29, 0.717) is 26.1 Å². The third kappa shape index (κ3) is 6.64. The average Bonchev–Trinajstić information content (AvgIpc) is 2.96. The summed E-state index contributed by atoms with van der Waals surface area (Å²) < 4.78 is 0. The van der Waals surface area contributed by atoms with E-state index in [2.05, 4.69) is 32.3 Å². The second kappa shape index (κ2) is 10.2. The first-order chi connectivity index (χ1) is 13.3. The second-order valence-corrected chi connectivity index (χ2v) is 6.34. The van der Waals surface area contributed by atoms with Crippen molar-refractivity contribution in [2.75, 3.05) is 18.4 Å². The molecule has 0 radical (unpaired) electrons. The maximum Gasteiger partial charge on any atom is 0.225 e. The lowest BCUT2D eigenvalue weighted by atomic mass is 10.2. The van der Waals surface area contributed by atoms with Crippen LogP contribution in [0.5, 0.6) is 0 Å². The van der Waals surface area contributed by atoms with Crippen LogP contribution in [0, 0.1) is 0 Å². The highest BCUT2D eigenvalue weighted by molar-refractivity contribution is 5.97. The van der Waals surface area contributed by atoms with Gasteiger partial charge in [0, 0.05) is 44.1 Å². The van der Waals surface area contributed by atoms with Crippen molar-refractivity contribution < 1.29 is 4.79 Å².